The summed E-state index contributed by atoms with van der Waals surface area (Å²) >= 11 is 3.40. The monoisotopic (exact) mass is 277 g/mol. The third kappa shape index (κ3) is 1.73. The first-order valence-corrected chi connectivity index (χ1v) is 6.14. The van der Waals surface area contributed by atoms with Gasteiger partial charge in [0.25, 0.3) is 0 Å². The van der Waals surface area contributed by atoms with Crippen LogP contribution in [0.4, 0.5) is 5.69 Å². The van der Waals surface area contributed by atoms with Crippen LogP contribution in [0.3, 0.4) is 0 Å². The second kappa shape index (κ2) is 3.63. The molecule has 1 aliphatic carbocycles. The average molecular weight is 278 g/mol. The molecule has 0 spiro atoms. The number of nitrogen functional groups attached to an aromatic ring is 1. The van der Waals surface area contributed by atoms with Gasteiger partial charge in [-0.15, -0.1) is 0 Å². The van der Waals surface area contributed by atoms with E-state index in [2.05, 4.69) is 27.1 Å². The van der Waals surface area contributed by atoms with Crippen molar-refractivity contribution in [1.82, 2.24) is 9.78 Å². The largest absolute Gasteiger partial charge is 0.397 e. The van der Waals surface area contributed by atoms with E-state index >= 15 is 0 Å². The van der Waals surface area contributed by atoms with Crippen LogP contribution in [0.15, 0.2) is 34.9 Å². The van der Waals surface area contributed by atoms with Gasteiger partial charge < -0.3 is 5.73 Å². The van der Waals surface area contributed by atoms with Crippen molar-refractivity contribution in [2.45, 2.75) is 18.8 Å². The van der Waals surface area contributed by atoms with Gasteiger partial charge in [0.05, 0.1) is 17.1 Å². The topological polar surface area (TPSA) is 43.8 Å². The van der Waals surface area contributed by atoms with Gasteiger partial charge in [0.15, 0.2) is 0 Å². The molecule has 0 unspecified atom stereocenters. The molecule has 1 saturated carbocycles. The summed E-state index contributed by atoms with van der Waals surface area (Å²) in [5.41, 5.74) is 8.82. The summed E-state index contributed by atoms with van der Waals surface area (Å²) in [5, 5.41) is 4.55. The molecule has 0 aliphatic heterocycles. The Balaban J connectivity index is 2.00. The Labute approximate surface area is 102 Å². The zero-order chi connectivity index (χ0) is 11.1. The van der Waals surface area contributed by atoms with Gasteiger partial charge in [-0.25, -0.2) is 4.68 Å². The highest BCUT2D eigenvalue weighted by Gasteiger charge is 2.25. The van der Waals surface area contributed by atoms with E-state index in [0.29, 0.717) is 5.92 Å². The Hall–Kier alpha value is -1.29. The molecule has 4 heteroatoms. The van der Waals surface area contributed by atoms with Gasteiger partial charge in [0.2, 0.25) is 0 Å². The Morgan fingerprint density at radius 3 is 2.81 bits per heavy atom. The summed E-state index contributed by atoms with van der Waals surface area (Å²) in [6, 6.07) is 7.93. The van der Waals surface area contributed by atoms with Crippen molar-refractivity contribution in [2.75, 3.05) is 5.73 Å². The zero-order valence-electron chi connectivity index (χ0n) is 8.73. The number of hydrogen-bond acceptors (Lipinski definition) is 2. The highest BCUT2D eigenvalue weighted by atomic mass is 79.9. The predicted molar refractivity (Wildman–Crippen MR) is 67.7 cm³/mol. The maximum absolute atomic E-state index is 5.96. The Bertz CT molecular complexity index is 529. The summed E-state index contributed by atoms with van der Waals surface area (Å²) in [6.07, 6.45) is 4.52. The van der Waals surface area contributed by atoms with E-state index in [1.165, 1.54) is 18.5 Å². The number of anilines is 1. The number of hydrogen-bond donors (Lipinski definition) is 1. The molecule has 82 valence electrons. The van der Waals surface area contributed by atoms with Crippen molar-refractivity contribution in [3.63, 3.8) is 0 Å². The lowest BCUT2D eigenvalue weighted by Crippen LogP contribution is -2.00. The van der Waals surface area contributed by atoms with E-state index in [1.807, 2.05) is 29.1 Å². The Kier molecular flexibility index (Phi) is 2.24. The van der Waals surface area contributed by atoms with Crippen molar-refractivity contribution in [2.24, 2.45) is 0 Å². The molecular formula is C12H12BrN3. The Morgan fingerprint density at radius 1 is 1.31 bits per heavy atom. The van der Waals surface area contributed by atoms with Gasteiger partial charge in [0, 0.05) is 16.6 Å². The fourth-order valence-corrected chi connectivity index (χ4v) is 2.18. The van der Waals surface area contributed by atoms with E-state index in [0.717, 1.165) is 15.8 Å². The summed E-state index contributed by atoms with van der Waals surface area (Å²) in [5.74, 6) is 0.679. The molecule has 0 bridgehead atoms. The zero-order valence-corrected chi connectivity index (χ0v) is 10.3. The molecule has 1 heterocycles. The first-order chi connectivity index (χ1) is 7.74. The number of aromatic nitrogens is 2. The minimum atomic E-state index is 0.679. The molecular weight excluding hydrogens is 266 g/mol. The fourth-order valence-electron chi connectivity index (χ4n) is 1.80. The minimum absolute atomic E-state index is 0.679. The van der Waals surface area contributed by atoms with Crippen LogP contribution in [0, 0.1) is 0 Å². The van der Waals surface area contributed by atoms with Crippen LogP contribution in [-0.4, -0.2) is 9.78 Å². The smallest absolute Gasteiger partial charge is 0.0875 e. The van der Waals surface area contributed by atoms with E-state index in [9.17, 15) is 0 Å². The summed E-state index contributed by atoms with van der Waals surface area (Å²) in [4.78, 5) is 0. The first-order valence-electron chi connectivity index (χ1n) is 5.35. The van der Waals surface area contributed by atoms with E-state index in [-0.39, 0.29) is 0 Å². The average Bonchev–Trinajstić information content (AvgIpc) is 2.98. The van der Waals surface area contributed by atoms with Crippen LogP contribution in [0.5, 0.6) is 0 Å². The van der Waals surface area contributed by atoms with Crippen molar-refractivity contribution < 1.29 is 0 Å². The van der Waals surface area contributed by atoms with Gasteiger partial charge in [0.1, 0.15) is 0 Å². The molecule has 0 radical (unpaired) electrons. The molecule has 0 amide bonds. The normalized spacial score (nSPS) is 15.3. The molecule has 2 aromatic rings. The molecule has 1 fully saturated rings. The molecule has 1 aromatic heterocycles. The van der Waals surface area contributed by atoms with Crippen LogP contribution in [-0.2, 0) is 0 Å². The number of rotatable bonds is 2. The second-order valence-corrected chi connectivity index (χ2v) is 5.08. The lowest BCUT2D eigenvalue weighted by atomic mass is 10.3. The van der Waals surface area contributed by atoms with Crippen LogP contribution in [0.25, 0.3) is 5.69 Å². The molecule has 3 nitrogen and oxygen atoms in total. The molecule has 3 rings (SSSR count). The van der Waals surface area contributed by atoms with Crippen molar-refractivity contribution in [3.8, 4) is 5.69 Å². The van der Waals surface area contributed by atoms with Gasteiger partial charge in [-0.3, -0.25) is 0 Å². The molecule has 16 heavy (non-hydrogen) atoms. The predicted octanol–water partition coefficient (Wildman–Crippen LogP) is 3.09. The summed E-state index contributed by atoms with van der Waals surface area (Å²) in [6.45, 7) is 0. The van der Waals surface area contributed by atoms with Crippen LogP contribution < -0.4 is 5.73 Å². The molecule has 1 aromatic carbocycles. The highest BCUT2D eigenvalue weighted by Crippen LogP contribution is 2.39. The molecule has 0 saturated heterocycles. The van der Waals surface area contributed by atoms with Crippen LogP contribution in [0.2, 0.25) is 0 Å². The third-order valence-electron chi connectivity index (χ3n) is 2.84. The van der Waals surface area contributed by atoms with Gasteiger partial charge in [-0.1, -0.05) is 15.9 Å². The quantitative estimate of drug-likeness (QED) is 0.858. The fraction of sp³-hybridized carbons (Fsp3) is 0.250. The number of halogens is 1. The van der Waals surface area contributed by atoms with Gasteiger partial charge >= 0.3 is 0 Å². The standard InChI is InChI=1S/C12H12BrN3/c13-9-3-4-12(10(14)7-9)16-6-5-11(15-16)8-1-2-8/h3-8H,1-2,14H2. The SMILES string of the molecule is Nc1cc(Br)ccc1-n1ccc(C2CC2)n1. The maximum atomic E-state index is 5.96. The number of nitrogens with zero attached hydrogens (tertiary/aromatic N) is 2. The molecule has 1 aliphatic rings. The molecule has 0 atom stereocenters. The Morgan fingerprint density at radius 2 is 2.12 bits per heavy atom. The second-order valence-electron chi connectivity index (χ2n) is 4.16. The van der Waals surface area contributed by atoms with Crippen molar-refractivity contribution in [1.29, 1.82) is 0 Å². The summed E-state index contributed by atoms with van der Waals surface area (Å²) < 4.78 is 2.85. The lowest BCUT2D eigenvalue weighted by molar-refractivity contribution is 0.839. The lowest BCUT2D eigenvalue weighted by Gasteiger charge is -2.05. The third-order valence-corrected chi connectivity index (χ3v) is 3.33. The van der Waals surface area contributed by atoms with Crippen molar-refractivity contribution >= 4 is 21.6 Å². The molecule has 2 N–H and O–H groups in total. The highest BCUT2D eigenvalue weighted by molar-refractivity contribution is 9.10. The summed E-state index contributed by atoms with van der Waals surface area (Å²) in [7, 11) is 0. The number of nitrogens with two attached hydrogens (primary N) is 1. The van der Waals surface area contributed by atoms with E-state index < -0.39 is 0 Å². The van der Waals surface area contributed by atoms with Gasteiger partial charge in [-0.05, 0) is 37.1 Å². The van der Waals surface area contributed by atoms with E-state index in [4.69, 9.17) is 5.73 Å². The van der Waals surface area contributed by atoms with Crippen LogP contribution in [0.1, 0.15) is 24.5 Å². The van der Waals surface area contributed by atoms with Crippen molar-refractivity contribution in [3.05, 3.63) is 40.6 Å². The maximum Gasteiger partial charge on any atom is 0.0875 e. The number of benzene rings is 1. The van der Waals surface area contributed by atoms with Gasteiger partial charge in [-0.2, -0.15) is 5.10 Å². The first kappa shape index (κ1) is 9.90. The van der Waals surface area contributed by atoms with Crippen LogP contribution >= 0.6 is 15.9 Å². The minimum Gasteiger partial charge on any atom is -0.397 e. The van der Waals surface area contributed by atoms with E-state index in [1.54, 1.807) is 0 Å².